The summed E-state index contributed by atoms with van der Waals surface area (Å²) >= 11 is 0. The van der Waals surface area contributed by atoms with Gasteiger partial charge in [-0.1, -0.05) is 70.8 Å². The molecule has 1 fully saturated rings. The summed E-state index contributed by atoms with van der Waals surface area (Å²) in [7, 11) is -3.99. The number of hydrogen-bond acceptors (Lipinski definition) is 4. The van der Waals surface area contributed by atoms with Crippen LogP contribution >= 0.6 is 0 Å². The van der Waals surface area contributed by atoms with Gasteiger partial charge in [0.15, 0.2) is 0 Å². The number of hydrogen-bond donors (Lipinski definition) is 0. The molecule has 0 atom stereocenters. The van der Waals surface area contributed by atoms with Gasteiger partial charge in [0.25, 0.3) is 0 Å². The van der Waals surface area contributed by atoms with Crippen molar-refractivity contribution in [2.24, 2.45) is 0 Å². The van der Waals surface area contributed by atoms with Gasteiger partial charge in [0.2, 0.25) is 16.8 Å². The van der Waals surface area contributed by atoms with E-state index >= 15 is 0 Å². The maximum atomic E-state index is 2.81. The average molecular weight is 689 g/mol. The van der Waals surface area contributed by atoms with Gasteiger partial charge in [0.05, 0.1) is 0 Å². The van der Waals surface area contributed by atoms with Crippen LogP contribution in [0.15, 0.2) is 146 Å². The standard InChI is InChI=1S/C44H48N4Si2/c1-33-9-17-37(18-10-33)45(38-19-11-34(2)12-20-38)41-25-29-43(30-26-41)47-49(5,6)48(50(47,7)8)44-31-27-42(28-32-44)46(39-21-13-35(3)14-22-39)40-23-15-36(4)16-24-40/h9-32H,1-8H3. The zero-order valence-electron chi connectivity index (χ0n) is 30.6. The van der Waals surface area contributed by atoms with Crippen LogP contribution < -0.4 is 18.3 Å². The first kappa shape index (κ1) is 33.5. The summed E-state index contributed by atoms with van der Waals surface area (Å²) in [4.78, 5) is 4.71. The molecule has 1 aliphatic heterocycles. The molecule has 4 nitrogen and oxygen atoms in total. The number of rotatable bonds is 8. The summed E-state index contributed by atoms with van der Waals surface area (Å²) in [6.07, 6.45) is 0. The third-order valence-electron chi connectivity index (χ3n) is 10.1. The molecule has 0 aromatic heterocycles. The summed E-state index contributed by atoms with van der Waals surface area (Å²) in [5, 5.41) is 0. The SMILES string of the molecule is Cc1ccc(N(c2ccc(C)cc2)c2ccc(N3[Si](C)(C)N(c4ccc(N(c5ccc(C)cc5)c5ccc(C)cc5)cc4)[Si]3(C)C)cc2)cc1. The van der Waals surface area contributed by atoms with Crippen LogP contribution in [0.5, 0.6) is 0 Å². The van der Waals surface area contributed by atoms with Gasteiger partial charge < -0.3 is 18.3 Å². The minimum Gasteiger partial charge on any atom is -0.393 e. The number of aryl methyl sites for hydroxylation is 4. The second kappa shape index (κ2) is 13.0. The van der Waals surface area contributed by atoms with E-state index in [1.54, 1.807) is 0 Å². The topological polar surface area (TPSA) is 13.0 Å². The molecule has 0 unspecified atom stereocenters. The molecule has 0 aliphatic carbocycles. The lowest BCUT2D eigenvalue weighted by Gasteiger charge is -2.69. The quantitative estimate of drug-likeness (QED) is 0.148. The Bertz CT molecular complexity index is 1810. The van der Waals surface area contributed by atoms with Gasteiger partial charge >= 0.3 is 0 Å². The van der Waals surface area contributed by atoms with E-state index in [9.17, 15) is 0 Å². The molecule has 6 aromatic rings. The van der Waals surface area contributed by atoms with Crippen molar-refractivity contribution < 1.29 is 0 Å². The smallest absolute Gasteiger partial charge is 0.244 e. The van der Waals surface area contributed by atoms with Crippen LogP contribution in [0.4, 0.5) is 45.5 Å². The van der Waals surface area contributed by atoms with E-state index in [1.165, 1.54) is 67.8 Å². The van der Waals surface area contributed by atoms with Crippen LogP contribution in [-0.2, 0) is 0 Å². The third kappa shape index (κ3) is 6.14. The third-order valence-corrected chi connectivity index (χ3v) is 22.1. The largest absolute Gasteiger partial charge is 0.393 e. The summed E-state index contributed by atoms with van der Waals surface area (Å²) in [5.74, 6) is 0. The first-order chi connectivity index (χ1) is 23.9. The number of nitrogens with zero attached hydrogens (tertiary/aromatic N) is 4. The monoisotopic (exact) mass is 688 g/mol. The Balaban J connectivity index is 1.17. The van der Waals surface area contributed by atoms with Crippen molar-refractivity contribution in [3.8, 4) is 0 Å². The second-order valence-electron chi connectivity index (χ2n) is 14.7. The van der Waals surface area contributed by atoms with Crippen molar-refractivity contribution in [2.45, 2.75) is 53.9 Å². The summed E-state index contributed by atoms with van der Waals surface area (Å²) in [6.45, 7) is 18.5. The predicted molar refractivity (Wildman–Crippen MR) is 221 cm³/mol. The molecule has 7 rings (SSSR count). The van der Waals surface area contributed by atoms with Gasteiger partial charge in [-0.3, -0.25) is 0 Å². The highest BCUT2D eigenvalue weighted by atomic mass is 28.5. The van der Waals surface area contributed by atoms with Gasteiger partial charge in [0, 0.05) is 45.5 Å². The molecular formula is C44H48N4Si2. The molecule has 1 heterocycles. The van der Waals surface area contributed by atoms with E-state index in [2.05, 4.69) is 218 Å². The lowest BCUT2D eigenvalue weighted by Crippen LogP contribution is -2.91. The van der Waals surface area contributed by atoms with Gasteiger partial charge in [-0.05, 0) is 151 Å². The van der Waals surface area contributed by atoms with Gasteiger partial charge in [0.1, 0.15) is 0 Å². The van der Waals surface area contributed by atoms with Crippen molar-refractivity contribution in [3.05, 3.63) is 168 Å². The summed E-state index contributed by atoms with van der Waals surface area (Å²) < 4.78 is 5.62. The van der Waals surface area contributed by atoms with Crippen molar-refractivity contribution in [1.29, 1.82) is 0 Å². The highest BCUT2D eigenvalue weighted by Gasteiger charge is 2.61. The summed E-state index contributed by atoms with van der Waals surface area (Å²) in [5.41, 5.74) is 14.7. The minimum atomic E-state index is -2.00. The van der Waals surface area contributed by atoms with Crippen LogP contribution in [0.2, 0.25) is 26.2 Å². The van der Waals surface area contributed by atoms with E-state index in [0.29, 0.717) is 0 Å². The van der Waals surface area contributed by atoms with Crippen molar-refractivity contribution >= 4 is 62.3 Å². The Morgan fingerprint density at radius 2 is 0.480 bits per heavy atom. The Labute approximate surface area is 301 Å². The van der Waals surface area contributed by atoms with Crippen LogP contribution in [0, 0.1) is 27.7 Å². The molecule has 0 bridgehead atoms. The number of benzene rings is 6. The maximum absolute atomic E-state index is 2.81. The molecule has 0 spiro atoms. The molecule has 6 aromatic carbocycles. The molecule has 6 heteroatoms. The van der Waals surface area contributed by atoms with Gasteiger partial charge in [-0.15, -0.1) is 0 Å². The number of anilines is 8. The van der Waals surface area contributed by atoms with Crippen molar-refractivity contribution in [3.63, 3.8) is 0 Å². The summed E-state index contributed by atoms with van der Waals surface area (Å²) in [6, 6.07) is 53.8. The lowest BCUT2D eigenvalue weighted by molar-refractivity contribution is 1.15. The highest BCUT2D eigenvalue weighted by Crippen LogP contribution is 2.47. The lowest BCUT2D eigenvalue weighted by atomic mass is 10.1. The normalized spacial score (nSPS) is 14.6. The van der Waals surface area contributed by atoms with Gasteiger partial charge in [-0.25, -0.2) is 0 Å². The Morgan fingerprint density at radius 1 is 0.300 bits per heavy atom. The molecule has 0 N–H and O–H groups in total. The van der Waals surface area contributed by atoms with E-state index in [0.717, 1.165) is 0 Å². The van der Waals surface area contributed by atoms with E-state index in [1.807, 2.05) is 0 Å². The van der Waals surface area contributed by atoms with E-state index in [4.69, 9.17) is 0 Å². The molecule has 0 radical (unpaired) electrons. The fraction of sp³-hybridized carbons (Fsp3) is 0.182. The molecule has 50 heavy (non-hydrogen) atoms. The zero-order valence-corrected chi connectivity index (χ0v) is 32.6. The van der Waals surface area contributed by atoms with Crippen LogP contribution in [0.3, 0.4) is 0 Å². The first-order valence-corrected chi connectivity index (χ1v) is 23.4. The predicted octanol–water partition coefficient (Wildman–Crippen LogP) is 12.6. The van der Waals surface area contributed by atoms with Crippen LogP contribution in [-0.4, -0.2) is 16.8 Å². The first-order valence-electron chi connectivity index (χ1n) is 17.6. The Kier molecular flexibility index (Phi) is 8.70. The fourth-order valence-electron chi connectivity index (χ4n) is 7.93. The van der Waals surface area contributed by atoms with Crippen LogP contribution in [0.25, 0.3) is 0 Å². The Morgan fingerprint density at radius 3 is 0.680 bits per heavy atom. The maximum Gasteiger partial charge on any atom is 0.244 e. The molecule has 252 valence electrons. The zero-order chi connectivity index (χ0) is 35.2. The molecule has 0 amide bonds. The van der Waals surface area contributed by atoms with Crippen LogP contribution in [0.1, 0.15) is 22.3 Å². The molecule has 0 saturated carbocycles. The fourth-order valence-corrected chi connectivity index (χ4v) is 22.7. The molecule has 1 saturated heterocycles. The highest BCUT2D eigenvalue weighted by molar-refractivity contribution is 7.20. The van der Waals surface area contributed by atoms with E-state index in [-0.39, 0.29) is 0 Å². The average Bonchev–Trinajstić information content (AvgIpc) is 3.09. The van der Waals surface area contributed by atoms with Gasteiger partial charge in [-0.2, -0.15) is 0 Å². The van der Waals surface area contributed by atoms with E-state index < -0.39 is 16.8 Å². The second-order valence-corrected chi connectivity index (χ2v) is 23.4. The molecule has 1 aliphatic rings. The van der Waals surface area contributed by atoms with Crippen molar-refractivity contribution in [2.75, 3.05) is 18.3 Å². The minimum absolute atomic E-state index is 1.17. The molecular weight excluding hydrogens is 641 g/mol. The Hall–Kier alpha value is -5.05. The van der Waals surface area contributed by atoms with Crippen molar-refractivity contribution in [1.82, 2.24) is 0 Å².